The van der Waals surface area contributed by atoms with E-state index in [2.05, 4.69) is 5.10 Å². The molecule has 90 valence electrons. The minimum absolute atomic E-state index is 0.269. The number of hydrogen-bond donors (Lipinski definition) is 1. The van der Waals surface area contributed by atoms with Gasteiger partial charge in [0.2, 0.25) is 5.29 Å². The molecule has 1 heterocycles. The molecule has 1 atom stereocenters. The normalized spacial score (nSPS) is 19.5. The first-order valence-electron chi connectivity index (χ1n) is 5.18. The second-order valence-electron chi connectivity index (χ2n) is 3.70. The molecule has 2 N–H and O–H groups in total. The van der Waals surface area contributed by atoms with Crippen LogP contribution in [0.1, 0.15) is 5.56 Å². The summed E-state index contributed by atoms with van der Waals surface area (Å²) >= 11 is 6.04. The van der Waals surface area contributed by atoms with Crippen molar-refractivity contribution in [2.24, 2.45) is 10.8 Å². The van der Waals surface area contributed by atoms with Crippen LogP contribution in [-0.4, -0.2) is 29.8 Å². The van der Waals surface area contributed by atoms with E-state index in [1.807, 2.05) is 24.3 Å². The molecule has 0 bridgehead atoms. The minimum Gasteiger partial charge on any atom is -0.326 e. The molecule has 6 heteroatoms. The van der Waals surface area contributed by atoms with Gasteiger partial charge in [0.25, 0.3) is 0 Å². The van der Waals surface area contributed by atoms with Crippen LogP contribution in [0, 0.1) is 0 Å². The topological polar surface area (TPSA) is 61.9 Å². The Kier molecular flexibility index (Phi) is 3.31. The Labute approximate surface area is 104 Å². The molecule has 1 aliphatic heterocycles. The number of halogens is 1. The summed E-state index contributed by atoms with van der Waals surface area (Å²) in [6.45, 7) is 0.381. The van der Waals surface area contributed by atoms with E-state index in [1.165, 1.54) is 5.01 Å². The van der Waals surface area contributed by atoms with Gasteiger partial charge in [-0.3, -0.25) is 14.7 Å². The van der Waals surface area contributed by atoms with Crippen molar-refractivity contribution in [1.82, 2.24) is 5.01 Å². The van der Waals surface area contributed by atoms with Gasteiger partial charge in [-0.05, 0) is 23.2 Å². The molecule has 1 aromatic rings. The molecular weight excluding hydrogens is 240 g/mol. The molecule has 0 fully saturated rings. The number of benzene rings is 1. The van der Waals surface area contributed by atoms with E-state index in [0.29, 0.717) is 6.54 Å². The Morgan fingerprint density at radius 2 is 2.24 bits per heavy atom. The summed E-state index contributed by atoms with van der Waals surface area (Å²) in [5.74, 6) is 0. The Balaban J connectivity index is 2.45. The molecule has 0 radical (unpaired) electrons. The highest BCUT2D eigenvalue weighted by Gasteiger charge is 2.32. The summed E-state index contributed by atoms with van der Waals surface area (Å²) in [4.78, 5) is 12.8. The maximum atomic E-state index is 11.1. The maximum Gasteiger partial charge on any atom is 0.223 e. The summed E-state index contributed by atoms with van der Waals surface area (Å²) in [7, 11) is 1.70. The third-order valence-electron chi connectivity index (χ3n) is 2.68. The fraction of sp³-hybridized carbons (Fsp3) is 0.273. The molecule has 1 aliphatic rings. The quantitative estimate of drug-likeness (QED) is 0.642. The number of rotatable bonds is 3. The van der Waals surface area contributed by atoms with Crippen LogP contribution in [0.2, 0.25) is 0 Å². The largest absolute Gasteiger partial charge is 0.326 e. The molecule has 0 aliphatic carbocycles. The molecule has 2 rings (SSSR count). The van der Waals surface area contributed by atoms with Crippen LogP contribution in [0.15, 0.2) is 29.4 Å². The van der Waals surface area contributed by atoms with Crippen molar-refractivity contribution in [3.8, 4) is 0 Å². The van der Waals surface area contributed by atoms with Crippen molar-refractivity contribution >= 4 is 28.9 Å². The molecule has 0 saturated heterocycles. The lowest BCUT2D eigenvalue weighted by Crippen LogP contribution is -2.41. The highest BCUT2D eigenvalue weighted by Crippen LogP contribution is 2.27. The van der Waals surface area contributed by atoms with E-state index >= 15 is 0 Å². The molecule has 1 unspecified atom stereocenters. The number of anilines is 1. The van der Waals surface area contributed by atoms with Crippen molar-refractivity contribution in [2.75, 3.05) is 11.9 Å². The van der Waals surface area contributed by atoms with Crippen LogP contribution < -0.4 is 10.6 Å². The zero-order valence-corrected chi connectivity index (χ0v) is 10.1. The predicted octanol–water partition coefficient (Wildman–Crippen LogP) is 0.932. The molecule has 1 aromatic carbocycles. The van der Waals surface area contributed by atoms with E-state index in [4.69, 9.17) is 17.3 Å². The monoisotopic (exact) mass is 252 g/mol. The van der Waals surface area contributed by atoms with Gasteiger partial charge in [-0.1, -0.05) is 18.2 Å². The van der Waals surface area contributed by atoms with Crippen molar-refractivity contribution in [1.29, 1.82) is 0 Å². The third kappa shape index (κ3) is 1.99. The van der Waals surface area contributed by atoms with Gasteiger partial charge in [0.15, 0.2) is 12.5 Å². The number of nitrogens with zero attached hydrogens (tertiary/aromatic N) is 3. The summed E-state index contributed by atoms with van der Waals surface area (Å²) in [6, 6.07) is 7.54. The number of amidine groups is 1. The lowest BCUT2D eigenvalue weighted by atomic mass is 10.1. The van der Waals surface area contributed by atoms with E-state index in [9.17, 15) is 4.79 Å². The van der Waals surface area contributed by atoms with Gasteiger partial charge in [-0.25, -0.2) is 0 Å². The lowest BCUT2D eigenvalue weighted by molar-refractivity contribution is -0.111. The maximum absolute atomic E-state index is 11.1. The molecule has 17 heavy (non-hydrogen) atoms. The molecule has 5 nitrogen and oxygen atoms in total. The van der Waals surface area contributed by atoms with Crippen LogP contribution in [0.25, 0.3) is 0 Å². The molecule has 0 aromatic heterocycles. The van der Waals surface area contributed by atoms with Gasteiger partial charge in [0, 0.05) is 13.6 Å². The number of nitrogens with two attached hydrogens (primary N) is 1. The highest BCUT2D eigenvalue weighted by molar-refractivity contribution is 6.68. The van der Waals surface area contributed by atoms with Crippen molar-refractivity contribution in [2.45, 2.75) is 12.7 Å². The van der Waals surface area contributed by atoms with Crippen LogP contribution in [0.4, 0.5) is 5.69 Å². The Hall–Kier alpha value is -1.59. The molecule has 0 amide bonds. The summed E-state index contributed by atoms with van der Waals surface area (Å²) in [5.41, 5.74) is 7.40. The standard InChI is InChI=1S/C11H13ClN4O/c1-15-10(7-17)16(11(12)14-15)9-5-3-2-4-8(9)6-13/h2-5,7,10H,6,13H2,1H3. The predicted molar refractivity (Wildman–Crippen MR) is 67.7 cm³/mol. The summed E-state index contributed by atoms with van der Waals surface area (Å²) in [5, 5.41) is 5.83. The second kappa shape index (κ2) is 4.73. The average Bonchev–Trinajstić information content (AvgIpc) is 2.63. The van der Waals surface area contributed by atoms with Crippen molar-refractivity contribution < 1.29 is 4.79 Å². The van der Waals surface area contributed by atoms with Gasteiger partial charge < -0.3 is 5.73 Å². The van der Waals surface area contributed by atoms with Gasteiger partial charge in [-0.2, -0.15) is 0 Å². The summed E-state index contributed by atoms with van der Waals surface area (Å²) < 4.78 is 0. The Bertz CT molecular complexity index is 463. The SMILES string of the molecule is CN1N=C(Cl)N(c2ccccc2CN)C1C=O. The number of hydrazone groups is 1. The van der Waals surface area contributed by atoms with Gasteiger partial charge in [0.1, 0.15) is 0 Å². The van der Waals surface area contributed by atoms with Crippen LogP contribution in [0.5, 0.6) is 0 Å². The van der Waals surface area contributed by atoms with E-state index in [0.717, 1.165) is 17.5 Å². The lowest BCUT2D eigenvalue weighted by Gasteiger charge is -2.26. The van der Waals surface area contributed by atoms with Gasteiger partial charge in [0.05, 0.1) is 5.69 Å². The fourth-order valence-electron chi connectivity index (χ4n) is 1.82. The van der Waals surface area contributed by atoms with E-state index in [1.54, 1.807) is 11.9 Å². The number of aldehydes is 1. The first-order valence-corrected chi connectivity index (χ1v) is 5.56. The number of carbonyl (C=O) groups is 1. The first kappa shape index (κ1) is 11.9. The third-order valence-corrected chi connectivity index (χ3v) is 2.94. The van der Waals surface area contributed by atoms with Gasteiger partial charge >= 0.3 is 0 Å². The van der Waals surface area contributed by atoms with Crippen molar-refractivity contribution in [3.05, 3.63) is 29.8 Å². The average molecular weight is 253 g/mol. The van der Waals surface area contributed by atoms with Crippen LogP contribution in [-0.2, 0) is 11.3 Å². The first-order chi connectivity index (χ1) is 8.19. The van der Waals surface area contributed by atoms with Crippen LogP contribution in [0.3, 0.4) is 0 Å². The smallest absolute Gasteiger partial charge is 0.223 e. The molecule has 0 spiro atoms. The molecule has 0 saturated carbocycles. The van der Waals surface area contributed by atoms with E-state index < -0.39 is 6.17 Å². The number of carbonyl (C=O) groups excluding carboxylic acids is 1. The van der Waals surface area contributed by atoms with E-state index in [-0.39, 0.29) is 5.29 Å². The number of para-hydroxylation sites is 1. The van der Waals surface area contributed by atoms with Gasteiger partial charge in [-0.15, -0.1) is 5.10 Å². The second-order valence-corrected chi connectivity index (χ2v) is 4.03. The van der Waals surface area contributed by atoms with Crippen molar-refractivity contribution in [3.63, 3.8) is 0 Å². The number of hydrogen-bond acceptors (Lipinski definition) is 5. The fourth-order valence-corrected chi connectivity index (χ4v) is 2.13. The number of likely N-dealkylation sites (N-methyl/N-ethyl adjacent to an activating group) is 1. The zero-order chi connectivity index (χ0) is 12.4. The van der Waals surface area contributed by atoms with Crippen LogP contribution >= 0.6 is 11.6 Å². The molecular formula is C11H13ClN4O. The summed E-state index contributed by atoms with van der Waals surface area (Å²) in [6.07, 6.45) is 0.279. The zero-order valence-electron chi connectivity index (χ0n) is 9.38. The Morgan fingerprint density at radius 1 is 1.53 bits per heavy atom. The minimum atomic E-state index is -0.518. The Morgan fingerprint density at radius 3 is 2.88 bits per heavy atom. The highest BCUT2D eigenvalue weighted by atomic mass is 35.5.